The molecule has 0 spiro atoms. The zero-order chi connectivity index (χ0) is 13.7. The van der Waals surface area contributed by atoms with Gasteiger partial charge in [0.15, 0.2) is 18.2 Å². The van der Waals surface area contributed by atoms with E-state index in [1.54, 1.807) is 6.20 Å². The summed E-state index contributed by atoms with van der Waals surface area (Å²) in [4.78, 5) is 4.11. The first-order valence-corrected chi connectivity index (χ1v) is 6.35. The zero-order valence-corrected chi connectivity index (χ0v) is 11.3. The highest BCUT2D eigenvalue weighted by atomic mass is 16.4. The molecule has 0 atom stereocenters. The Morgan fingerprint density at radius 1 is 1.37 bits per heavy atom. The average Bonchev–Trinajstić information content (AvgIpc) is 2.76. The highest BCUT2D eigenvalue weighted by molar-refractivity contribution is 5.74. The molecule has 5 nitrogen and oxygen atoms in total. The normalized spacial score (nSPS) is 11.3. The Balaban J connectivity index is 1.94. The van der Waals surface area contributed by atoms with Crippen LogP contribution in [0.4, 0.5) is 0 Å². The van der Waals surface area contributed by atoms with Crippen molar-refractivity contribution in [2.45, 2.75) is 33.4 Å². The molecule has 2 rings (SSSR count). The van der Waals surface area contributed by atoms with Crippen molar-refractivity contribution < 1.29 is 9.77 Å². The van der Waals surface area contributed by atoms with Gasteiger partial charge in [-0.3, -0.25) is 0 Å². The van der Waals surface area contributed by atoms with Crippen LogP contribution in [-0.4, -0.2) is 21.0 Å². The molecule has 0 unspecified atom stereocenters. The maximum atomic E-state index is 8.54. The van der Waals surface area contributed by atoms with Crippen molar-refractivity contribution >= 4 is 6.21 Å². The van der Waals surface area contributed by atoms with Crippen LogP contribution in [0.25, 0.3) is 0 Å². The summed E-state index contributed by atoms with van der Waals surface area (Å²) in [5, 5.41) is 11.6. The maximum absolute atomic E-state index is 8.54. The maximum Gasteiger partial charge on any atom is 0.171 e. The van der Waals surface area contributed by atoms with Crippen LogP contribution in [0.3, 0.4) is 0 Å². The standard InChI is InChI=1S/C14H18N4O/c1-12-8-13(2)11-17(10-12)5-3-6-18-7-4-15-14(18)9-16-19/h4,7-11H,3,5-6H2,1-2H3/p+1/b16-9+. The Hall–Kier alpha value is -2.17. The molecule has 5 heteroatoms. The SMILES string of the molecule is Cc1cc(C)c[n+](CCCn2ccnc2/C=N/O)c1. The van der Waals surface area contributed by atoms with Crippen molar-refractivity contribution in [1.29, 1.82) is 0 Å². The van der Waals surface area contributed by atoms with Gasteiger partial charge in [-0.2, -0.15) is 0 Å². The van der Waals surface area contributed by atoms with E-state index < -0.39 is 0 Å². The van der Waals surface area contributed by atoms with Crippen LogP contribution in [0.1, 0.15) is 23.4 Å². The van der Waals surface area contributed by atoms with Gasteiger partial charge in [0.05, 0.1) is 0 Å². The Kier molecular flexibility index (Phi) is 4.28. The minimum absolute atomic E-state index is 0.674. The minimum atomic E-state index is 0.674. The molecule has 0 saturated carbocycles. The van der Waals surface area contributed by atoms with Crippen LogP contribution < -0.4 is 4.57 Å². The minimum Gasteiger partial charge on any atom is -0.411 e. The van der Waals surface area contributed by atoms with Crippen molar-refractivity contribution in [3.63, 3.8) is 0 Å². The third kappa shape index (κ3) is 3.64. The lowest BCUT2D eigenvalue weighted by atomic mass is 10.2. The van der Waals surface area contributed by atoms with Gasteiger partial charge in [-0.15, -0.1) is 0 Å². The van der Waals surface area contributed by atoms with Crippen molar-refractivity contribution in [3.8, 4) is 0 Å². The number of pyridine rings is 1. The highest BCUT2D eigenvalue weighted by Gasteiger charge is 2.05. The number of hydrogen-bond donors (Lipinski definition) is 1. The molecule has 0 aliphatic rings. The Labute approximate surface area is 112 Å². The van der Waals surface area contributed by atoms with Crippen molar-refractivity contribution in [2.75, 3.05) is 0 Å². The summed E-state index contributed by atoms with van der Waals surface area (Å²) in [7, 11) is 0. The third-order valence-corrected chi connectivity index (χ3v) is 2.93. The molecule has 19 heavy (non-hydrogen) atoms. The van der Waals surface area contributed by atoms with E-state index in [1.165, 1.54) is 17.3 Å². The largest absolute Gasteiger partial charge is 0.411 e. The van der Waals surface area contributed by atoms with Crippen molar-refractivity contribution in [3.05, 3.63) is 47.8 Å². The molecule has 0 amide bonds. The van der Waals surface area contributed by atoms with E-state index in [1.807, 2.05) is 10.8 Å². The fourth-order valence-corrected chi connectivity index (χ4v) is 2.24. The number of aromatic nitrogens is 3. The molecule has 2 aromatic rings. The molecule has 2 heterocycles. The van der Waals surface area contributed by atoms with Crippen LogP contribution in [0.2, 0.25) is 0 Å². The molecule has 0 saturated heterocycles. The van der Waals surface area contributed by atoms with Crippen LogP contribution >= 0.6 is 0 Å². The van der Waals surface area contributed by atoms with E-state index in [0.717, 1.165) is 19.5 Å². The Bertz CT molecular complexity index is 554. The van der Waals surface area contributed by atoms with E-state index in [-0.39, 0.29) is 0 Å². The summed E-state index contributed by atoms with van der Waals surface area (Å²) in [6.45, 7) is 6.02. The van der Waals surface area contributed by atoms with Gasteiger partial charge in [-0.05, 0) is 19.9 Å². The number of nitrogens with zero attached hydrogens (tertiary/aromatic N) is 4. The Morgan fingerprint density at radius 3 is 2.79 bits per heavy atom. The van der Waals surface area contributed by atoms with Gasteiger partial charge >= 0.3 is 0 Å². The van der Waals surface area contributed by atoms with E-state index in [4.69, 9.17) is 5.21 Å². The number of imidazole rings is 1. The fraction of sp³-hybridized carbons (Fsp3) is 0.357. The van der Waals surface area contributed by atoms with Gasteiger partial charge < -0.3 is 9.77 Å². The molecule has 0 radical (unpaired) electrons. The van der Waals surface area contributed by atoms with Crippen LogP contribution in [0.5, 0.6) is 0 Å². The topological polar surface area (TPSA) is 54.3 Å². The number of rotatable bonds is 5. The lowest BCUT2D eigenvalue weighted by Crippen LogP contribution is -2.34. The summed E-state index contributed by atoms with van der Waals surface area (Å²) >= 11 is 0. The lowest BCUT2D eigenvalue weighted by molar-refractivity contribution is -0.698. The zero-order valence-electron chi connectivity index (χ0n) is 11.3. The molecule has 0 aliphatic carbocycles. The van der Waals surface area contributed by atoms with Crippen LogP contribution in [0.15, 0.2) is 36.0 Å². The van der Waals surface area contributed by atoms with Gasteiger partial charge in [-0.25, -0.2) is 9.55 Å². The second-order valence-electron chi connectivity index (χ2n) is 4.71. The third-order valence-electron chi connectivity index (χ3n) is 2.93. The van der Waals surface area contributed by atoms with E-state index >= 15 is 0 Å². The molecule has 1 N–H and O–H groups in total. The van der Waals surface area contributed by atoms with E-state index in [2.05, 4.69) is 47.0 Å². The highest BCUT2D eigenvalue weighted by Crippen LogP contribution is 2.00. The Morgan fingerprint density at radius 2 is 2.11 bits per heavy atom. The van der Waals surface area contributed by atoms with Crippen LogP contribution in [-0.2, 0) is 13.1 Å². The average molecular weight is 259 g/mol. The molecule has 0 fully saturated rings. The predicted molar refractivity (Wildman–Crippen MR) is 72.3 cm³/mol. The van der Waals surface area contributed by atoms with Crippen molar-refractivity contribution in [1.82, 2.24) is 9.55 Å². The summed E-state index contributed by atoms with van der Waals surface area (Å²) in [5.41, 5.74) is 2.55. The second-order valence-corrected chi connectivity index (χ2v) is 4.71. The molecular formula is C14H19N4O+. The van der Waals surface area contributed by atoms with Gasteiger partial charge in [0.25, 0.3) is 0 Å². The van der Waals surface area contributed by atoms with E-state index in [0.29, 0.717) is 5.82 Å². The fourth-order valence-electron chi connectivity index (χ4n) is 2.24. The van der Waals surface area contributed by atoms with Gasteiger partial charge in [0.1, 0.15) is 12.8 Å². The van der Waals surface area contributed by atoms with Crippen LogP contribution in [0, 0.1) is 13.8 Å². The molecule has 0 bridgehead atoms. The first kappa shape index (κ1) is 13.3. The summed E-state index contributed by atoms with van der Waals surface area (Å²) in [5.74, 6) is 0.674. The number of oxime groups is 1. The molecular weight excluding hydrogens is 240 g/mol. The van der Waals surface area contributed by atoms with Gasteiger partial charge in [0.2, 0.25) is 0 Å². The first-order valence-electron chi connectivity index (χ1n) is 6.35. The van der Waals surface area contributed by atoms with Gasteiger partial charge in [-0.1, -0.05) is 5.16 Å². The van der Waals surface area contributed by atoms with Crippen molar-refractivity contribution in [2.24, 2.45) is 5.16 Å². The van der Waals surface area contributed by atoms with Gasteiger partial charge in [0, 0.05) is 36.5 Å². The smallest absolute Gasteiger partial charge is 0.171 e. The van der Waals surface area contributed by atoms with E-state index in [9.17, 15) is 0 Å². The number of aryl methyl sites for hydroxylation is 4. The molecule has 0 aromatic carbocycles. The predicted octanol–water partition coefficient (Wildman–Crippen LogP) is 1.69. The summed E-state index contributed by atoms with van der Waals surface area (Å²) in [6.07, 6.45) is 10.2. The summed E-state index contributed by atoms with van der Waals surface area (Å²) in [6, 6.07) is 2.17. The molecule has 100 valence electrons. The second kappa shape index (κ2) is 6.13. The molecule has 0 aliphatic heterocycles. The first-order chi connectivity index (χ1) is 9.19. The summed E-state index contributed by atoms with van der Waals surface area (Å²) < 4.78 is 4.18. The monoisotopic (exact) mass is 259 g/mol. The quantitative estimate of drug-likeness (QED) is 0.384. The number of hydrogen-bond acceptors (Lipinski definition) is 3. The molecule has 2 aromatic heterocycles. The lowest BCUT2D eigenvalue weighted by Gasteiger charge is -2.03.